The van der Waals surface area contributed by atoms with Crippen molar-refractivity contribution in [1.82, 2.24) is 9.88 Å². The molecule has 0 unspecified atom stereocenters. The van der Waals surface area contributed by atoms with E-state index < -0.39 is 0 Å². The Hall–Kier alpha value is -3.06. The number of aromatic nitrogens is 1. The van der Waals surface area contributed by atoms with Gasteiger partial charge in [0.1, 0.15) is 0 Å². The van der Waals surface area contributed by atoms with Gasteiger partial charge in [0.2, 0.25) is 0 Å². The first-order valence-corrected chi connectivity index (χ1v) is 13.6. The Kier molecular flexibility index (Phi) is 7.18. The number of aryl methyl sites for hydroxylation is 2. The number of pyridine rings is 1. The van der Waals surface area contributed by atoms with Crippen molar-refractivity contribution in [2.45, 2.75) is 24.3 Å². The molecule has 0 aliphatic carbocycles. The van der Waals surface area contributed by atoms with Crippen LogP contribution in [0.4, 0.5) is 11.4 Å². The summed E-state index contributed by atoms with van der Waals surface area (Å²) >= 11 is 0.249. The summed E-state index contributed by atoms with van der Waals surface area (Å²) in [5, 5.41) is 16.3. The van der Waals surface area contributed by atoms with Gasteiger partial charge in [0.15, 0.2) is 0 Å². The van der Waals surface area contributed by atoms with E-state index in [1.54, 1.807) is 6.20 Å². The summed E-state index contributed by atoms with van der Waals surface area (Å²) in [7, 11) is 4.23. The van der Waals surface area contributed by atoms with Gasteiger partial charge in [-0.15, -0.1) is 0 Å². The molecular formula is C27H28AsN4O. The van der Waals surface area contributed by atoms with E-state index in [1.165, 1.54) is 10.8 Å². The van der Waals surface area contributed by atoms with Crippen LogP contribution in [0.1, 0.15) is 22.5 Å². The molecule has 4 rings (SSSR count). The molecule has 5 nitrogen and oxygen atoms in total. The van der Waals surface area contributed by atoms with Gasteiger partial charge in [-0.05, 0) is 13.8 Å². The number of nitrogens with one attached hydrogen (secondary N) is 1. The molecule has 2 aromatic carbocycles. The Bertz CT molecular complexity index is 1320. The Morgan fingerprint density at radius 1 is 1.09 bits per heavy atom. The standard InChI is InChI=1S/C27H28AsN4O/c1-18-5-9-24(19(2)13-18)31-27-21(16-29)17-30-25-14-20(6-8-23(25)27)26-10-7-22(33-26)15-28-11-12-32(3)4/h5-10,13-14,17H,11-12,15H2,1-4H3,(H,30,31). The van der Waals surface area contributed by atoms with Crippen LogP contribution < -0.4 is 5.32 Å². The van der Waals surface area contributed by atoms with E-state index in [0.29, 0.717) is 5.56 Å². The third kappa shape index (κ3) is 5.47. The molecule has 0 saturated carbocycles. The van der Waals surface area contributed by atoms with Gasteiger partial charge in [0, 0.05) is 0 Å². The summed E-state index contributed by atoms with van der Waals surface area (Å²) in [5.41, 5.74) is 6.46. The first kappa shape index (κ1) is 23.1. The molecule has 0 bridgehead atoms. The van der Waals surface area contributed by atoms with E-state index in [-0.39, 0.29) is 15.8 Å². The van der Waals surface area contributed by atoms with Gasteiger partial charge in [0.05, 0.1) is 0 Å². The van der Waals surface area contributed by atoms with Gasteiger partial charge in [-0.2, -0.15) is 0 Å². The fraction of sp³-hybridized carbons (Fsp3) is 0.259. The number of hydrogen-bond donors (Lipinski definition) is 1. The second kappa shape index (κ2) is 10.3. The number of hydrogen-bond acceptors (Lipinski definition) is 5. The molecule has 1 radical (unpaired) electrons. The van der Waals surface area contributed by atoms with Crippen LogP contribution in [0.2, 0.25) is 5.21 Å². The van der Waals surface area contributed by atoms with Gasteiger partial charge in [-0.1, -0.05) is 17.7 Å². The van der Waals surface area contributed by atoms with Gasteiger partial charge < -0.3 is 0 Å². The average Bonchev–Trinajstić information content (AvgIpc) is 3.27. The quantitative estimate of drug-likeness (QED) is 0.241. The number of furan rings is 1. The van der Waals surface area contributed by atoms with Crippen LogP contribution in [0.25, 0.3) is 22.2 Å². The van der Waals surface area contributed by atoms with Crippen LogP contribution in [0.3, 0.4) is 0 Å². The summed E-state index contributed by atoms with van der Waals surface area (Å²) in [5.74, 6) is 1.91. The number of nitriles is 1. The summed E-state index contributed by atoms with van der Waals surface area (Å²) in [6.07, 6.45) is 1.64. The molecule has 6 heteroatoms. The smallest absolute Gasteiger partial charge is 0.0543 e. The molecule has 0 fully saturated rings. The fourth-order valence-corrected chi connectivity index (χ4v) is 6.02. The van der Waals surface area contributed by atoms with Crippen LogP contribution >= 0.6 is 0 Å². The predicted octanol–water partition coefficient (Wildman–Crippen LogP) is 5.91. The number of anilines is 2. The maximum absolute atomic E-state index is 9.68. The van der Waals surface area contributed by atoms with Crippen LogP contribution in [0, 0.1) is 25.2 Å². The Morgan fingerprint density at radius 2 is 1.94 bits per heavy atom. The molecule has 0 amide bonds. The number of fused-ring (bicyclic) bond motifs is 1. The number of benzene rings is 2. The Labute approximate surface area is 202 Å². The Balaban J connectivity index is 1.61. The summed E-state index contributed by atoms with van der Waals surface area (Å²) in [6.45, 7) is 5.28. The van der Waals surface area contributed by atoms with Crippen molar-refractivity contribution in [1.29, 1.82) is 5.26 Å². The molecular weight excluding hydrogens is 471 g/mol. The average molecular weight is 499 g/mol. The third-order valence-corrected chi connectivity index (χ3v) is 7.76. The van der Waals surface area contributed by atoms with E-state index in [4.69, 9.17) is 4.42 Å². The van der Waals surface area contributed by atoms with Crippen molar-refractivity contribution in [3.8, 4) is 17.4 Å². The van der Waals surface area contributed by atoms with Crippen molar-refractivity contribution < 1.29 is 4.42 Å². The molecule has 0 spiro atoms. The molecule has 0 saturated heterocycles. The van der Waals surface area contributed by atoms with Crippen LogP contribution in [0.15, 0.2) is 59.1 Å². The minimum absolute atomic E-state index is 0.249. The van der Waals surface area contributed by atoms with Crippen molar-refractivity contribution in [2.24, 2.45) is 0 Å². The molecule has 0 aliphatic rings. The molecule has 0 aliphatic heterocycles. The number of rotatable bonds is 8. The zero-order chi connectivity index (χ0) is 23.4. The molecule has 2 heterocycles. The summed E-state index contributed by atoms with van der Waals surface area (Å²) < 4.78 is 6.14. The first-order valence-electron chi connectivity index (χ1n) is 11.0. The predicted molar refractivity (Wildman–Crippen MR) is 136 cm³/mol. The van der Waals surface area contributed by atoms with Crippen molar-refractivity contribution >= 4 is 38.0 Å². The van der Waals surface area contributed by atoms with E-state index in [2.05, 4.69) is 73.5 Å². The fourth-order valence-electron chi connectivity index (χ4n) is 3.73. The minimum Gasteiger partial charge on any atom is -0.0543 e. The zero-order valence-electron chi connectivity index (χ0n) is 19.5. The van der Waals surface area contributed by atoms with Crippen molar-refractivity contribution in [3.05, 3.63) is 77.2 Å². The first-order chi connectivity index (χ1) is 15.9. The van der Waals surface area contributed by atoms with Gasteiger partial charge >= 0.3 is 171 Å². The second-order valence-electron chi connectivity index (χ2n) is 8.51. The normalized spacial score (nSPS) is 11.5. The van der Waals surface area contributed by atoms with E-state index >= 15 is 0 Å². The molecule has 4 aromatic rings. The molecule has 167 valence electrons. The Morgan fingerprint density at radius 3 is 2.70 bits per heavy atom. The SMILES string of the molecule is Cc1ccc(Nc2c(C#N)cnc3cc(-c4ccc(C[As]CCN(C)C)o4)ccc23)c(C)c1. The van der Waals surface area contributed by atoms with Crippen LogP contribution in [-0.4, -0.2) is 46.3 Å². The zero-order valence-corrected chi connectivity index (χ0v) is 21.4. The summed E-state index contributed by atoms with van der Waals surface area (Å²) in [4.78, 5) is 6.79. The minimum atomic E-state index is 0.249. The molecule has 2 aromatic heterocycles. The second-order valence-corrected chi connectivity index (χ2v) is 11.0. The van der Waals surface area contributed by atoms with E-state index in [0.717, 1.165) is 56.7 Å². The third-order valence-electron chi connectivity index (χ3n) is 5.55. The number of nitrogens with zero attached hydrogens (tertiary/aromatic N) is 3. The van der Waals surface area contributed by atoms with E-state index in [1.807, 2.05) is 24.3 Å². The van der Waals surface area contributed by atoms with E-state index in [9.17, 15) is 5.26 Å². The molecule has 1 N–H and O–H groups in total. The molecule has 33 heavy (non-hydrogen) atoms. The topological polar surface area (TPSA) is 65.1 Å². The monoisotopic (exact) mass is 499 g/mol. The summed E-state index contributed by atoms with van der Waals surface area (Å²) in [6, 6.07) is 18.8. The van der Waals surface area contributed by atoms with Crippen molar-refractivity contribution in [2.75, 3.05) is 26.0 Å². The molecule has 0 atom stereocenters. The van der Waals surface area contributed by atoms with Gasteiger partial charge in [-0.3, -0.25) is 0 Å². The maximum atomic E-state index is 9.68. The van der Waals surface area contributed by atoms with Gasteiger partial charge in [0.25, 0.3) is 0 Å². The van der Waals surface area contributed by atoms with Gasteiger partial charge in [-0.25, -0.2) is 0 Å². The van der Waals surface area contributed by atoms with Crippen LogP contribution in [-0.2, 0) is 5.21 Å². The van der Waals surface area contributed by atoms with Crippen molar-refractivity contribution in [3.63, 3.8) is 0 Å². The van der Waals surface area contributed by atoms with Crippen LogP contribution in [0.5, 0.6) is 0 Å².